The quantitative estimate of drug-likeness (QED) is 0.482. The molecule has 2 bridgehead atoms. The van der Waals surface area contributed by atoms with E-state index in [2.05, 4.69) is 26.8 Å². The molecule has 8 atom stereocenters. The van der Waals surface area contributed by atoms with Gasteiger partial charge >= 0.3 is 0 Å². The molecule has 1 aromatic carbocycles. The fourth-order valence-electron chi connectivity index (χ4n) is 9.78. The van der Waals surface area contributed by atoms with Crippen LogP contribution in [-0.2, 0) is 14.4 Å². The number of rotatable bonds is 3. The highest BCUT2D eigenvalue weighted by Gasteiger charge is 2.72. The number of carbonyl (C=O) groups excluding carboxylic acids is 3. The lowest BCUT2D eigenvalue weighted by Crippen LogP contribution is -2.66. The summed E-state index contributed by atoms with van der Waals surface area (Å²) in [6, 6.07) is 9.36. The molecule has 7 rings (SSSR count). The zero-order valence-electron chi connectivity index (χ0n) is 21.3. The van der Waals surface area contributed by atoms with Crippen molar-refractivity contribution in [2.45, 2.75) is 66.2 Å². The SMILES string of the molecule is CC(C)C1=C[C@@]23CC[C@@H]4[C@](C)(CCC[C@@]4(C)C(=O)[O-])[C@@H]2C[C@@H]1[C@H]1C(=O)N(c2ccccc2)C(=O)[C@@H]13. The van der Waals surface area contributed by atoms with Crippen LogP contribution < -0.4 is 10.0 Å². The average Bonchev–Trinajstić information content (AvgIpc) is 3.11. The number of carbonyl (C=O) groups is 3. The summed E-state index contributed by atoms with van der Waals surface area (Å²) >= 11 is 0. The first-order valence-corrected chi connectivity index (χ1v) is 13.4. The number of carboxylic acid groups (broad SMARTS) is 1. The van der Waals surface area contributed by atoms with E-state index in [1.165, 1.54) is 10.5 Å². The Labute approximate surface area is 208 Å². The number of anilines is 1. The number of allylic oxidation sites excluding steroid dienone is 2. The summed E-state index contributed by atoms with van der Waals surface area (Å²) in [6.45, 7) is 8.58. The Morgan fingerprint density at radius 3 is 2.40 bits per heavy atom. The molecule has 1 heterocycles. The number of aliphatic carboxylic acids is 1. The number of para-hydroxylation sites is 1. The fraction of sp³-hybridized carbons (Fsp3) is 0.633. The van der Waals surface area contributed by atoms with Crippen LogP contribution in [0, 0.1) is 51.8 Å². The molecule has 1 spiro atoms. The van der Waals surface area contributed by atoms with Crippen LogP contribution in [0.5, 0.6) is 0 Å². The van der Waals surface area contributed by atoms with E-state index in [0.29, 0.717) is 18.0 Å². The molecule has 2 amide bonds. The van der Waals surface area contributed by atoms with Crippen LogP contribution in [0.1, 0.15) is 66.2 Å². The van der Waals surface area contributed by atoms with Gasteiger partial charge in [-0.25, -0.2) is 0 Å². The van der Waals surface area contributed by atoms with Gasteiger partial charge in [0.05, 0.1) is 17.5 Å². The zero-order chi connectivity index (χ0) is 24.9. The molecule has 0 unspecified atom stereocenters. The molecule has 35 heavy (non-hydrogen) atoms. The van der Waals surface area contributed by atoms with Gasteiger partial charge in [-0.1, -0.05) is 64.0 Å². The fourth-order valence-corrected chi connectivity index (χ4v) is 9.78. The van der Waals surface area contributed by atoms with Gasteiger partial charge in [-0.2, -0.15) is 0 Å². The Kier molecular flexibility index (Phi) is 4.80. The molecule has 5 aliphatic carbocycles. The summed E-state index contributed by atoms with van der Waals surface area (Å²) in [5.74, 6) is -1.08. The topological polar surface area (TPSA) is 77.5 Å². The van der Waals surface area contributed by atoms with E-state index < -0.39 is 11.4 Å². The number of benzene rings is 1. The van der Waals surface area contributed by atoms with Crippen molar-refractivity contribution in [3.05, 3.63) is 42.0 Å². The number of carboxylic acids is 1. The Bertz CT molecular complexity index is 1140. The van der Waals surface area contributed by atoms with Crippen LogP contribution >= 0.6 is 0 Å². The Morgan fingerprint density at radius 1 is 1.03 bits per heavy atom. The molecule has 4 fully saturated rings. The molecule has 5 nitrogen and oxygen atoms in total. The van der Waals surface area contributed by atoms with Crippen molar-refractivity contribution in [2.24, 2.45) is 51.8 Å². The highest BCUT2D eigenvalue weighted by Crippen LogP contribution is 2.74. The van der Waals surface area contributed by atoms with Gasteiger partial charge in [-0.3, -0.25) is 14.5 Å². The van der Waals surface area contributed by atoms with E-state index in [4.69, 9.17) is 0 Å². The minimum atomic E-state index is -0.927. The molecule has 3 saturated carbocycles. The van der Waals surface area contributed by atoms with E-state index in [9.17, 15) is 19.5 Å². The van der Waals surface area contributed by atoms with Crippen LogP contribution in [0.2, 0.25) is 0 Å². The lowest BCUT2D eigenvalue weighted by molar-refractivity contribution is -0.328. The average molecular weight is 475 g/mol. The third-order valence-electron chi connectivity index (χ3n) is 11.2. The molecule has 1 aromatic rings. The number of imide groups is 1. The van der Waals surface area contributed by atoms with Gasteiger partial charge in [0.15, 0.2) is 0 Å². The number of nitrogens with zero attached hydrogens (tertiary/aromatic N) is 1. The van der Waals surface area contributed by atoms with E-state index in [-0.39, 0.29) is 52.2 Å². The maximum Gasteiger partial charge on any atom is 0.238 e. The predicted octanol–water partition coefficient (Wildman–Crippen LogP) is 4.37. The van der Waals surface area contributed by atoms with Crippen LogP contribution in [0.3, 0.4) is 0 Å². The molecule has 6 aliphatic rings. The van der Waals surface area contributed by atoms with Gasteiger partial charge in [0, 0.05) is 16.8 Å². The molecule has 0 N–H and O–H groups in total. The maximum absolute atomic E-state index is 14.1. The zero-order valence-corrected chi connectivity index (χ0v) is 21.3. The van der Waals surface area contributed by atoms with Crippen molar-refractivity contribution in [3.63, 3.8) is 0 Å². The Morgan fingerprint density at radius 2 is 1.74 bits per heavy atom. The maximum atomic E-state index is 14.1. The number of hydrogen-bond acceptors (Lipinski definition) is 4. The first-order valence-electron chi connectivity index (χ1n) is 13.4. The highest BCUT2D eigenvalue weighted by molar-refractivity contribution is 6.22. The summed E-state index contributed by atoms with van der Waals surface area (Å²) < 4.78 is 0. The molecule has 1 aliphatic heterocycles. The predicted molar refractivity (Wildman–Crippen MR) is 131 cm³/mol. The summed E-state index contributed by atoms with van der Waals surface area (Å²) in [7, 11) is 0. The molecule has 0 aromatic heterocycles. The van der Waals surface area contributed by atoms with E-state index in [1.807, 2.05) is 37.3 Å². The second kappa shape index (κ2) is 7.30. The van der Waals surface area contributed by atoms with Crippen molar-refractivity contribution in [3.8, 4) is 0 Å². The number of amides is 2. The minimum Gasteiger partial charge on any atom is -0.550 e. The van der Waals surface area contributed by atoms with Crippen molar-refractivity contribution in [2.75, 3.05) is 4.90 Å². The van der Waals surface area contributed by atoms with Crippen LogP contribution in [-0.4, -0.2) is 17.8 Å². The lowest BCUT2D eigenvalue weighted by atomic mass is 9.34. The molecular weight excluding hydrogens is 438 g/mol. The first kappa shape index (κ1) is 23.0. The molecule has 1 saturated heterocycles. The normalized spacial score (nSPS) is 44.1. The summed E-state index contributed by atoms with van der Waals surface area (Å²) in [5, 5.41) is 12.4. The van der Waals surface area contributed by atoms with Gasteiger partial charge in [-0.05, 0) is 73.3 Å². The largest absolute Gasteiger partial charge is 0.550 e. The van der Waals surface area contributed by atoms with Gasteiger partial charge in [-0.15, -0.1) is 0 Å². The Balaban J connectivity index is 1.50. The van der Waals surface area contributed by atoms with E-state index in [0.717, 1.165) is 32.1 Å². The van der Waals surface area contributed by atoms with Crippen LogP contribution in [0.4, 0.5) is 5.69 Å². The van der Waals surface area contributed by atoms with Crippen LogP contribution in [0.15, 0.2) is 42.0 Å². The van der Waals surface area contributed by atoms with E-state index >= 15 is 0 Å². The number of hydrogen-bond donors (Lipinski definition) is 0. The molecule has 186 valence electrons. The van der Waals surface area contributed by atoms with Crippen molar-refractivity contribution in [1.29, 1.82) is 0 Å². The summed E-state index contributed by atoms with van der Waals surface area (Å²) in [4.78, 5) is 41.9. The molecule has 0 radical (unpaired) electrons. The smallest absolute Gasteiger partial charge is 0.238 e. The summed E-state index contributed by atoms with van der Waals surface area (Å²) in [6.07, 6.45) is 7.34. The molecule has 5 heteroatoms. The third-order valence-corrected chi connectivity index (χ3v) is 11.2. The number of fused-ring (bicyclic) bond motifs is 1. The second-order valence-electron chi connectivity index (χ2n) is 12.8. The highest BCUT2D eigenvalue weighted by atomic mass is 16.4. The second-order valence-corrected chi connectivity index (χ2v) is 12.8. The van der Waals surface area contributed by atoms with Crippen LogP contribution in [0.25, 0.3) is 0 Å². The molecular formula is C30H36NO4-. The van der Waals surface area contributed by atoms with Crippen molar-refractivity contribution in [1.82, 2.24) is 0 Å². The standard InChI is InChI=1S/C30H37NO4/c1-17(2)20-16-30-14-11-21-28(3,12-8-13-29(21,4)27(34)35)22(30)15-19(20)23-24(30)26(33)31(25(23)32)18-9-6-5-7-10-18/h5-7,9-10,16-17,19,21-24H,8,11-15H2,1-4H3,(H,34,35)/p-1/t19-,21+,22-,23+,24+,28-,29+,30-/m0/s1. The van der Waals surface area contributed by atoms with E-state index in [1.54, 1.807) is 0 Å². The third kappa shape index (κ3) is 2.73. The lowest BCUT2D eigenvalue weighted by Gasteiger charge is -2.69. The van der Waals surface area contributed by atoms with Gasteiger partial charge in [0.25, 0.3) is 0 Å². The van der Waals surface area contributed by atoms with Gasteiger partial charge in [0.1, 0.15) is 0 Å². The Hall–Kier alpha value is -2.43. The van der Waals surface area contributed by atoms with Crippen molar-refractivity contribution < 1.29 is 19.5 Å². The minimum absolute atomic E-state index is 0.0375. The van der Waals surface area contributed by atoms with Gasteiger partial charge < -0.3 is 9.90 Å². The van der Waals surface area contributed by atoms with Crippen molar-refractivity contribution >= 4 is 23.5 Å². The monoisotopic (exact) mass is 474 g/mol. The first-order chi connectivity index (χ1) is 16.6. The van der Waals surface area contributed by atoms with Gasteiger partial charge in [0.2, 0.25) is 11.8 Å². The summed E-state index contributed by atoms with van der Waals surface area (Å²) in [5.41, 5.74) is 0.597.